The number of methoxy groups -OCH3 is 1. The number of rotatable bonds is 9. The van der Waals surface area contributed by atoms with Crippen molar-refractivity contribution in [1.29, 1.82) is 0 Å². The molecule has 3 fully saturated rings. The van der Waals surface area contributed by atoms with Crippen molar-refractivity contribution in [2.24, 2.45) is 5.41 Å². The molecule has 0 bridgehead atoms. The van der Waals surface area contributed by atoms with Gasteiger partial charge in [-0.1, -0.05) is 25.3 Å². The topological polar surface area (TPSA) is 113 Å². The molecule has 10 nitrogen and oxygen atoms in total. The average Bonchev–Trinajstić information content (AvgIpc) is 3.72. The van der Waals surface area contributed by atoms with E-state index in [0.29, 0.717) is 18.5 Å². The molecule has 2 N–H and O–H groups in total. The normalized spacial score (nSPS) is 24.5. The van der Waals surface area contributed by atoms with E-state index in [1.165, 1.54) is 38.9 Å². The number of nitrogens with one attached hydrogen (secondary N) is 2. The molecular weight excluding hydrogens is 614 g/mol. The fraction of sp³-hybridized carbons (Fsp3) is 0.556. The molecule has 0 radical (unpaired) electrons. The lowest BCUT2D eigenvalue weighted by Gasteiger charge is -2.44. The second-order valence-electron chi connectivity index (χ2n) is 14.4. The third kappa shape index (κ3) is 5.34. The minimum Gasteiger partial charge on any atom is -0.497 e. The Bertz CT molecular complexity index is 1850. The van der Waals surface area contributed by atoms with E-state index in [1.807, 2.05) is 25.2 Å². The van der Waals surface area contributed by atoms with Crippen molar-refractivity contribution in [1.82, 2.24) is 23.8 Å². The van der Waals surface area contributed by atoms with Crippen LogP contribution in [0.3, 0.4) is 0 Å². The molecule has 3 aromatic rings. The van der Waals surface area contributed by atoms with Crippen LogP contribution in [0.25, 0.3) is 22.2 Å². The summed E-state index contributed by atoms with van der Waals surface area (Å²) in [5, 5.41) is 4.41. The van der Waals surface area contributed by atoms with E-state index < -0.39 is 21.5 Å². The maximum absolute atomic E-state index is 14.7. The Morgan fingerprint density at radius 3 is 2.51 bits per heavy atom. The van der Waals surface area contributed by atoms with Crippen molar-refractivity contribution in [2.45, 2.75) is 88.8 Å². The molecule has 11 heteroatoms. The summed E-state index contributed by atoms with van der Waals surface area (Å²) in [6.45, 7) is 3.45. The number of amides is 2. The summed E-state index contributed by atoms with van der Waals surface area (Å²) >= 11 is 0. The highest BCUT2D eigenvalue weighted by Crippen LogP contribution is 2.66. The molecule has 3 heterocycles. The van der Waals surface area contributed by atoms with Crippen molar-refractivity contribution in [3.63, 3.8) is 0 Å². The predicted octanol–water partition coefficient (Wildman–Crippen LogP) is 4.99. The van der Waals surface area contributed by atoms with Crippen molar-refractivity contribution < 1.29 is 22.7 Å². The van der Waals surface area contributed by atoms with E-state index in [0.717, 1.165) is 76.4 Å². The van der Waals surface area contributed by atoms with Gasteiger partial charge in [0.25, 0.3) is 5.91 Å². The highest BCUT2D eigenvalue weighted by molar-refractivity contribution is 7.87. The van der Waals surface area contributed by atoms with Crippen molar-refractivity contribution in [3.05, 3.63) is 53.1 Å². The number of nitrogens with zero attached hydrogens (tertiary/aromatic N) is 3. The van der Waals surface area contributed by atoms with Gasteiger partial charge in [0.2, 0.25) is 5.91 Å². The van der Waals surface area contributed by atoms with Crippen LogP contribution in [0.1, 0.15) is 91.6 Å². The van der Waals surface area contributed by atoms with Gasteiger partial charge < -0.3 is 19.5 Å². The minimum atomic E-state index is -3.97. The first-order chi connectivity index (χ1) is 22.5. The van der Waals surface area contributed by atoms with Gasteiger partial charge >= 0.3 is 10.2 Å². The maximum atomic E-state index is 14.7. The van der Waals surface area contributed by atoms with Gasteiger partial charge in [0, 0.05) is 67.2 Å². The van der Waals surface area contributed by atoms with Gasteiger partial charge in [-0.05, 0) is 93.5 Å². The molecular formula is C36H47N5O5S. The van der Waals surface area contributed by atoms with Crippen LogP contribution in [0.5, 0.6) is 5.75 Å². The van der Waals surface area contributed by atoms with Gasteiger partial charge in [0.15, 0.2) is 0 Å². The van der Waals surface area contributed by atoms with Gasteiger partial charge in [-0.25, -0.2) is 4.72 Å². The molecule has 1 saturated heterocycles. The van der Waals surface area contributed by atoms with E-state index in [4.69, 9.17) is 4.74 Å². The Morgan fingerprint density at radius 2 is 1.85 bits per heavy atom. The standard InChI is InChI=1S/C36H47N5O5S/c1-22(37-2)17-25-15-16-40(25)35(43)36-20-30(36)29-19-26(46-5)12-14-27(29)33-32(23-9-7-6-8-10-23)28-13-11-24(18-31(28)41(33)21-36)34(42)38-47(44,45)39(3)4/h11-14,18-19,22-23,25,30,37H,6-10,15-17,20-21H2,1-5H3,(H,38,42). The van der Waals surface area contributed by atoms with Crippen molar-refractivity contribution in [3.8, 4) is 17.0 Å². The molecule has 2 aliphatic carbocycles. The van der Waals surface area contributed by atoms with Gasteiger partial charge in [0.05, 0.1) is 18.2 Å². The smallest absolute Gasteiger partial charge is 0.303 e. The molecule has 4 aliphatic rings. The van der Waals surface area contributed by atoms with Crippen molar-refractivity contribution in [2.75, 3.05) is 34.8 Å². The molecule has 2 aliphatic heterocycles. The molecule has 7 rings (SSSR count). The van der Waals surface area contributed by atoms with Crippen LogP contribution >= 0.6 is 0 Å². The molecule has 0 spiro atoms. The number of carbonyl (C=O) groups is 2. The summed E-state index contributed by atoms with van der Waals surface area (Å²) in [6, 6.07) is 12.4. The van der Waals surface area contributed by atoms with Crippen LogP contribution in [0.15, 0.2) is 36.4 Å². The van der Waals surface area contributed by atoms with Crippen LogP contribution in [-0.4, -0.2) is 80.9 Å². The number of hydrogen-bond donors (Lipinski definition) is 2. The Morgan fingerprint density at radius 1 is 1.09 bits per heavy atom. The lowest BCUT2D eigenvalue weighted by atomic mass is 9.81. The molecule has 1 aromatic heterocycles. The molecule has 47 heavy (non-hydrogen) atoms. The van der Waals surface area contributed by atoms with Gasteiger partial charge in [0.1, 0.15) is 5.75 Å². The average molecular weight is 662 g/mol. The molecule has 252 valence electrons. The predicted molar refractivity (Wildman–Crippen MR) is 183 cm³/mol. The zero-order valence-corrected chi connectivity index (χ0v) is 29.0. The fourth-order valence-electron chi connectivity index (χ4n) is 8.45. The van der Waals surface area contributed by atoms with Crippen LogP contribution < -0.4 is 14.8 Å². The molecule has 2 amide bonds. The zero-order chi connectivity index (χ0) is 33.2. The Hall–Kier alpha value is -3.41. The SMILES string of the molecule is CNC(C)CC1CCN1C(=O)C12CC1c1cc(OC)ccc1-c1c(C3CCCCC3)c3ccc(C(=O)NS(=O)(=O)N(C)C)cc3n1C2. The number of aromatic nitrogens is 1. The lowest BCUT2D eigenvalue weighted by Crippen LogP contribution is -2.56. The highest BCUT2D eigenvalue weighted by Gasteiger charge is 2.65. The van der Waals surface area contributed by atoms with E-state index >= 15 is 0 Å². The summed E-state index contributed by atoms with van der Waals surface area (Å²) in [7, 11) is 2.46. The van der Waals surface area contributed by atoms with Gasteiger partial charge in [-0.2, -0.15) is 12.7 Å². The van der Waals surface area contributed by atoms with Gasteiger partial charge in [-0.3, -0.25) is 9.59 Å². The highest BCUT2D eigenvalue weighted by atomic mass is 32.2. The lowest BCUT2D eigenvalue weighted by molar-refractivity contribution is -0.146. The number of hydrogen-bond acceptors (Lipinski definition) is 6. The summed E-state index contributed by atoms with van der Waals surface area (Å²) in [6.07, 6.45) is 8.44. The first kappa shape index (κ1) is 32.2. The zero-order valence-electron chi connectivity index (χ0n) is 28.1. The first-order valence-corrected chi connectivity index (χ1v) is 18.5. The molecule has 2 aromatic carbocycles. The largest absolute Gasteiger partial charge is 0.497 e. The Labute approximate surface area is 278 Å². The summed E-state index contributed by atoms with van der Waals surface area (Å²) < 4.78 is 36.3. The van der Waals surface area contributed by atoms with Gasteiger partial charge in [-0.15, -0.1) is 0 Å². The molecule has 2 saturated carbocycles. The second-order valence-corrected chi connectivity index (χ2v) is 16.3. The number of likely N-dealkylation sites (tertiary alicyclic amines) is 1. The quantitative estimate of drug-likeness (QED) is 0.334. The van der Waals surface area contributed by atoms with Crippen LogP contribution in [0.4, 0.5) is 0 Å². The second kappa shape index (κ2) is 11.9. The molecule has 4 unspecified atom stereocenters. The first-order valence-electron chi connectivity index (χ1n) is 17.1. The van der Waals surface area contributed by atoms with E-state index in [-0.39, 0.29) is 23.4 Å². The minimum absolute atomic E-state index is 0.0638. The van der Waals surface area contributed by atoms with E-state index in [2.05, 4.69) is 38.6 Å². The van der Waals surface area contributed by atoms with E-state index in [9.17, 15) is 18.0 Å². The number of fused-ring (bicyclic) bond motifs is 7. The van der Waals surface area contributed by atoms with Crippen molar-refractivity contribution >= 4 is 32.9 Å². The summed E-state index contributed by atoms with van der Waals surface area (Å²) in [5.41, 5.74) is 5.25. The van der Waals surface area contributed by atoms with Crippen LogP contribution in [-0.2, 0) is 21.5 Å². The summed E-state index contributed by atoms with van der Waals surface area (Å²) in [5.74, 6) is 0.748. The Balaban J connectivity index is 1.40. The Kier molecular flexibility index (Phi) is 8.16. The molecule has 4 atom stereocenters. The monoisotopic (exact) mass is 661 g/mol. The van der Waals surface area contributed by atoms with Crippen LogP contribution in [0, 0.1) is 5.41 Å². The third-order valence-electron chi connectivity index (χ3n) is 11.4. The fourth-order valence-corrected chi connectivity index (χ4v) is 8.99. The maximum Gasteiger partial charge on any atom is 0.303 e. The number of ether oxygens (including phenoxy) is 1. The number of benzene rings is 2. The summed E-state index contributed by atoms with van der Waals surface area (Å²) in [4.78, 5) is 30.2. The van der Waals surface area contributed by atoms with Crippen LogP contribution in [0.2, 0.25) is 0 Å². The number of carbonyl (C=O) groups excluding carboxylic acids is 2. The third-order valence-corrected chi connectivity index (χ3v) is 12.8. The van der Waals surface area contributed by atoms with E-state index in [1.54, 1.807) is 13.2 Å².